The fourth-order valence-corrected chi connectivity index (χ4v) is 5.99. The molecule has 1 heterocycles. The summed E-state index contributed by atoms with van der Waals surface area (Å²) in [6, 6.07) is 0. The van der Waals surface area contributed by atoms with Gasteiger partial charge in [-0.25, -0.2) is 8.42 Å². The van der Waals surface area contributed by atoms with Gasteiger partial charge in [0.25, 0.3) is 0 Å². The highest BCUT2D eigenvalue weighted by molar-refractivity contribution is 7.91. The summed E-state index contributed by atoms with van der Waals surface area (Å²) in [6.07, 6.45) is 5.21. The number of nitrogens with two attached hydrogens (primary N) is 1. The number of hydrogen-bond donors (Lipinski definition) is 1. The molecule has 2 fully saturated rings. The van der Waals surface area contributed by atoms with Gasteiger partial charge in [0.2, 0.25) is 0 Å². The van der Waals surface area contributed by atoms with Crippen molar-refractivity contribution < 1.29 is 8.42 Å². The lowest BCUT2D eigenvalue weighted by Crippen LogP contribution is -2.59. The van der Waals surface area contributed by atoms with Gasteiger partial charge in [-0.05, 0) is 37.1 Å². The molecule has 0 bridgehead atoms. The molecule has 0 aromatic heterocycles. The predicted octanol–water partition coefficient (Wildman–Crippen LogP) is 1.65. The van der Waals surface area contributed by atoms with Crippen LogP contribution in [0.1, 0.15) is 46.5 Å². The molecule has 1 aliphatic heterocycles. The van der Waals surface area contributed by atoms with Crippen molar-refractivity contribution in [3.05, 3.63) is 0 Å². The molecule has 0 spiro atoms. The molecular weight excluding hydrogens is 272 g/mol. The van der Waals surface area contributed by atoms with Crippen molar-refractivity contribution in [3.63, 3.8) is 0 Å². The number of rotatable bonds is 3. The number of likely N-dealkylation sites (tertiary alicyclic amines) is 1. The smallest absolute Gasteiger partial charge is 0.152 e. The van der Waals surface area contributed by atoms with Gasteiger partial charge in [-0.2, -0.15) is 0 Å². The van der Waals surface area contributed by atoms with E-state index < -0.39 is 9.84 Å². The zero-order valence-electron chi connectivity index (χ0n) is 13.4. The maximum absolute atomic E-state index is 12.2. The highest BCUT2D eigenvalue weighted by Gasteiger charge is 2.53. The zero-order chi connectivity index (χ0) is 15.2. The first-order valence-corrected chi connectivity index (χ1v) is 9.71. The van der Waals surface area contributed by atoms with E-state index in [1.165, 1.54) is 6.26 Å². The molecular formula is C15H30N2O2S. The van der Waals surface area contributed by atoms with Gasteiger partial charge in [-0.15, -0.1) is 0 Å². The third kappa shape index (κ3) is 2.77. The zero-order valence-corrected chi connectivity index (χ0v) is 14.2. The van der Waals surface area contributed by atoms with E-state index in [0.29, 0.717) is 12.5 Å². The van der Waals surface area contributed by atoms with Crippen LogP contribution in [0, 0.1) is 11.3 Å². The summed E-state index contributed by atoms with van der Waals surface area (Å²) < 4.78 is 24.3. The van der Waals surface area contributed by atoms with Crippen LogP contribution in [0.5, 0.6) is 0 Å². The Bertz CT molecular complexity index is 455. The molecule has 4 nitrogen and oxygen atoms in total. The quantitative estimate of drug-likeness (QED) is 0.861. The van der Waals surface area contributed by atoms with Crippen LogP contribution in [0.25, 0.3) is 0 Å². The van der Waals surface area contributed by atoms with Crippen LogP contribution in [-0.4, -0.2) is 50.0 Å². The highest BCUT2D eigenvalue weighted by Crippen LogP contribution is 2.44. The molecule has 0 amide bonds. The van der Waals surface area contributed by atoms with Crippen LogP contribution in [0.15, 0.2) is 0 Å². The maximum atomic E-state index is 12.2. The maximum Gasteiger partial charge on any atom is 0.152 e. The second kappa shape index (κ2) is 5.25. The summed E-state index contributed by atoms with van der Waals surface area (Å²) in [7, 11) is -3.03. The SMILES string of the molecule is CC(C)(C)C1CCN(C2(CN)CCCC2S(C)(=O)=O)C1. The number of hydrogen-bond acceptors (Lipinski definition) is 4. The molecule has 3 unspecified atom stereocenters. The minimum absolute atomic E-state index is 0.279. The Kier molecular flexibility index (Phi) is 4.27. The summed E-state index contributed by atoms with van der Waals surface area (Å²) >= 11 is 0. The molecule has 5 heteroatoms. The molecule has 1 saturated heterocycles. The van der Waals surface area contributed by atoms with Gasteiger partial charge in [-0.1, -0.05) is 27.2 Å². The van der Waals surface area contributed by atoms with Gasteiger partial charge >= 0.3 is 0 Å². The van der Waals surface area contributed by atoms with Crippen LogP contribution in [0.3, 0.4) is 0 Å². The van der Waals surface area contributed by atoms with Gasteiger partial charge < -0.3 is 5.73 Å². The van der Waals surface area contributed by atoms with Gasteiger partial charge in [0.05, 0.1) is 5.25 Å². The summed E-state index contributed by atoms with van der Waals surface area (Å²) in [5.74, 6) is 0.631. The second-order valence-corrected chi connectivity index (χ2v) is 10.0. The van der Waals surface area contributed by atoms with Gasteiger partial charge in [0, 0.05) is 24.9 Å². The molecule has 2 aliphatic rings. The van der Waals surface area contributed by atoms with Crippen molar-refractivity contribution in [2.45, 2.75) is 57.2 Å². The standard InChI is InChI=1S/C15H30N2O2S/c1-14(2,3)12-7-9-17(10-12)15(11-16)8-5-6-13(15)20(4,18)19/h12-13H,5-11,16H2,1-4H3. The molecule has 20 heavy (non-hydrogen) atoms. The summed E-state index contributed by atoms with van der Waals surface area (Å²) in [5, 5.41) is -0.279. The Morgan fingerprint density at radius 1 is 1.30 bits per heavy atom. The van der Waals surface area contributed by atoms with Crippen molar-refractivity contribution in [2.75, 3.05) is 25.9 Å². The molecule has 0 radical (unpaired) electrons. The molecule has 2 N–H and O–H groups in total. The molecule has 3 atom stereocenters. The predicted molar refractivity (Wildman–Crippen MR) is 83.4 cm³/mol. The minimum Gasteiger partial charge on any atom is -0.329 e. The van der Waals surface area contributed by atoms with Gasteiger partial charge in [0.15, 0.2) is 9.84 Å². The Morgan fingerprint density at radius 3 is 2.40 bits per heavy atom. The normalized spacial score (nSPS) is 36.6. The Morgan fingerprint density at radius 2 is 1.95 bits per heavy atom. The Hall–Kier alpha value is -0.130. The van der Waals surface area contributed by atoms with E-state index in [-0.39, 0.29) is 16.2 Å². The molecule has 118 valence electrons. The molecule has 0 aromatic rings. The second-order valence-electron chi connectivity index (χ2n) is 7.82. The van der Waals surface area contributed by atoms with E-state index in [1.54, 1.807) is 0 Å². The van der Waals surface area contributed by atoms with Crippen LogP contribution in [-0.2, 0) is 9.84 Å². The number of sulfone groups is 1. The average Bonchev–Trinajstić information content (AvgIpc) is 2.94. The van der Waals surface area contributed by atoms with Crippen molar-refractivity contribution >= 4 is 9.84 Å². The molecule has 1 aliphatic carbocycles. The van der Waals surface area contributed by atoms with Gasteiger partial charge in [-0.3, -0.25) is 4.90 Å². The third-order valence-corrected chi connectivity index (χ3v) is 7.30. The fourth-order valence-electron chi connectivity index (χ4n) is 4.23. The van der Waals surface area contributed by atoms with Crippen molar-refractivity contribution in [2.24, 2.45) is 17.1 Å². The first kappa shape index (κ1) is 16.2. The van der Waals surface area contributed by atoms with Crippen molar-refractivity contribution in [3.8, 4) is 0 Å². The lowest BCUT2D eigenvalue weighted by molar-refractivity contribution is 0.115. The van der Waals surface area contributed by atoms with E-state index in [9.17, 15) is 8.42 Å². The van der Waals surface area contributed by atoms with Crippen LogP contribution in [0.2, 0.25) is 0 Å². The van der Waals surface area contributed by atoms with E-state index in [2.05, 4.69) is 25.7 Å². The monoisotopic (exact) mass is 302 g/mol. The van der Waals surface area contributed by atoms with E-state index in [0.717, 1.165) is 38.8 Å². The first-order valence-electron chi connectivity index (χ1n) is 7.75. The molecule has 0 aromatic carbocycles. The van der Waals surface area contributed by atoms with E-state index in [4.69, 9.17) is 5.73 Å². The summed E-state index contributed by atoms with van der Waals surface area (Å²) in [6.45, 7) is 9.27. The first-order chi connectivity index (χ1) is 9.11. The van der Waals surface area contributed by atoms with Crippen molar-refractivity contribution in [1.29, 1.82) is 0 Å². The van der Waals surface area contributed by atoms with Crippen LogP contribution in [0.4, 0.5) is 0 Å². The lowest BCUT2D eigenvalue weighted by Gasteiger charge is -2.42. The highest BCUT2D eigenvalue weighted by atomic mass is 32.2. The van der Waals surface area contributed by atoms with Crippen LogP contribution < -0.4 is 5.73 Å². The van der Waals surface area contributed by atoms with E-state index >= 15 is 0 Å². The molecule has 1 saturated carbocycles. The van der Waals surface area contributed by atoms with Crippen molar-refractivity contribution in [1.82, 2.24) is 4.90 Å². The Labute approximate surface area is 124 Å². The molecule has 2 rings (SSSR count). The minimum atomic E-state index is -3.03. The summed E-state index contributed by atoms with van der Waals surface area (Å²) in [5.41, 5.74) is 6.05. The van der Waals surface area contributed by atoms with Crippen LogP contribution >= 0.6 is 0 Å². The summed E-state index contributed by atoms with van der Waals surface area (Å²) in [4.78, 5) is 2.40. The lowest BCUT2D eigenvalue weighted by atomic mass is 9.80. The third-order valence-electron chi connectivity index (χ3n) is 5.59. The number of nitrogens with zero attached hydrogens (tertiary/aromatic N) is 1. The van der Waals surface area contributed by atoms with Gasteiger partial charge in [0.1, 0.15) is 0 Å². The Balaban J connectivity index is 2.25. The topological polar surface area (TPSA) is 63.4 Å². The fraction of sp³-hybridized carbons (Fsp3) is 1.00. The van der Waals surface area contributed by atoms with E-state index in [1.807, 2.05) is 0 Å². The average molecular weight is 302 g/mol. The largest absolute Gasteiger partial charge is 0.329 e.